The zero-order chi connectivity index (χ0) is 20.0. The van der Waals surface area contributed by atoms with E-state index >= 15 is 0 Å². The first kappa shape index (κ1) is 17.8. The van der Waals surface area contributed by atoms with E-state index in [0.29, 0.717) is 30.1 Å². The lowest BCUT2D eigenvalue weighted by Crippen LogP contribution is -2.06. The largest absolute Gasteiger partial charge is 0.477 e. The summed E-state index contributed by atoms with van der Waals surface area (Å²) in [7, 11) is 0. The van der Waals surface area contributed by atoms with Crippen LogP contribution in [-0.4, -0.2) is 30.9 Å². The molecule has 0 saturated heterocycles. The number of aryl methyl sites for hydroxylation is 3. The van der Waals surface area contributed by atoms with Gasteiger partial charge in [0.1, 0.15) is 11.5 Å². The molecular weight excluding hydrogens is 362 g/mol. The van der Waals surface area contributed by atoms with Crippen LogP contribution in [0.2, 0.25) is 0 Å². The molecule has 0 radical (unpaired) electrons. The highest BCUT2D eigenvalue weighted by molar-refractivity contribution is 5.68. The Morgan fingerprint density at radius 3 is 2.72 bits per heavy atom. The first-order valence-corrected chi connectivity index (χ1v) is 9.91. The minimum atomic E-state index is 0.478. The minimum absolute atomic E-state index is 0.478. The third-order valence-electron chi connectivity index (χ3n) is 5.55. The number of aromatic nitrogens is 5. The molecule has 0 amide bonds. The smallest absolute Gasteiger partial charge is 0.224 e. The van der Waals surface area contributed by atoms with E-state index in [1.54, 1.807) is 0 Å². The number of fused-ring (bicyclic) bond motifs is 1. The number of hydrogen-bond donors (Lipinski definition) is 0. The Morgan fingerprint density at radius 1 is 1.00 bits per heavy atom. The van der Waals surface area contributed by atoms with Crippen molar-refractivity contribution in [1.29, 1.82) is 0 Å². The molecule has 29 heavy (non-hydrogen) atoms. The lowest BCUT2D eigenvalue weighted by molar-refractivity contribution is 0.285. The van der Waals surface area contributed by atoms with Gasteiger partial charge in [-0.15, -0.1) is 0 Å². The predicted molar refractivity (Wildman–Crippen MR) is 111 cm³/mol. The summed E-state index contributed by atoms with van der Waals surface area (Å²) in [6, 6.07) is 8.30. The lowest BCUT2D eigenvalue weighted by atomic mass is 10.1. The normalized spacial score (nSPS) is 18.2. The Labute approximate surface area is 169 Å². The van der Waals surface area contributed by atoms with Gasteiger partial charge < -0.3 is 9.14 Å². The van der Waals surface area contributed by atoms with Gasteiger partial charge in [0.25, 0.3) is 0 Å². The highest BCUT2D eigenvalue weighted by atomic mass is 16.5. The van der Waals surface area contributed by atoms with Crippen molar-refractivity contribution in [3.63, 3.8) is 0 Å². The zero-order valence-electron chi connectivity index (χ0n) is 16.8. The number of hydrogen-bond acceptors (Lipinski definition) is 5. The van der Waals surface area contributed by atoms with Gasteiger partial charge in [-0.2, -0.15) is 4.98 Å². The van der Waals surface area contributed by atoms with Gasteiger partial charge in [0, 0.05) is 53.6 Å². The highest BCUT2D eigenvalue weighted by Crippen LogP contribution is 2.47. The van der Waals surface area contributed by atoms with Crippen LogP contribution in [0.4, 0.5) is 0 Å². The summed E-state index contributed by atoms with van der Waals surface area (Å²) in [5, 5.41) is 0. The van der Waals surface area contributed by atoms with Crippen molar-refractivity contribution < 1.29 is 4.74 Å². The van der Waals surface area contributed by atoms with E-state index in [0.717, 1.165) is 34.6 Å². The Balaban J connectivity index is 1.37. The van der Waals surface area contributed by atoms with Crippen molar-refractivity contribution in [1.82, 2.24) is 24.3 Å². The maximum Gasteiger partial charge on any atom is 0.224 e. The van der Waals surface area contributed by atoms with Crippen LogP contribution in [0.15, 0.2) is 49.1 Å². The Kier molecular flexibility index (Phi) is 4.27. The second-order valence-electron chi connectivity index (χ2n) is 7.86. The molecule has 4 aromatic heterocycles. The van der Waals surface area contributed by atoms with E-state index < -0.39 is 0 Å². The molecule has 1 saturated carbocycles. The van der Waals surface area contributed by atoms with Crippen molar-refractivity contribution in [2.45, 2.75) is 33.1 Å². The molecule has 146 valence electrons. The van der Waals surface area contributed by atoms with Crippen LogP contribution < -0.4 is 4.74 Å². The number of rotatable bonds is 5. The average Bonchev–Trinajstić information content (AvgIpc) is 3.42. The summed E-state index contributed by atoms with van der Waals surface area (Å²) in [5.74, 6) is 2.30. The molecule has 0 aromatic carbocycles. The molecule has 2 unspecified atom stereocenters. The van der Waals surface area contributed by atoms with Gasteiger partial charge in [0.2, 0.25) is 5.88 Å². The molecule has 0 aliphatic heterocycles. The lowest BCUT2D eigenvalue weighted by Gasteiger charge is -2.11. The molecule has 0 N–H and O–H groups in total. The van der Waals surface area contributed by atoms with Crippen LogP contribution in [0, 0.1) is 26.7 Å². The summed E-state index contributed by atoms with van der Waals surface area (Å²) in [6.45, 7) is 6.62. The van der Waals surface area contributed by atoms with Crippen molar-refractivity contribution in [3.8, 4) is 17.0 Å². The maximum atomic E-state index is 6.19. The topological polar surface area (TPSA) is 65.2 Å². The SMILES string of the molecule is Cc1ccc(C2CC2COc2nc(C)ncc2-c2ccc3ncc(C)n3c2)nc1. The second kappa shape index (κ2) is 6.95. The standard InChI is InChI=1S/C23H23N5O/c1-14-4-6-21(25-9-14)19-8-18(19)13-29-23-20(11-24-16(3)27-23)17-5-7-22-26-10-15(2)28(22)12-17/h4-7,9-12,18-19H,8,13H2,1-3H3. The fourth-order valence-electron chi connectivity index (χ4n) is 3.70. The van der Waals surface area contributed by atoms with Gasteiger partial charge in [-0.1, -0.05) is 6.07 Å². The first-order valence-electron chi connectivity index (χ1n) is 9.91. The van der Waals surface area contributed by atoms with E-state index in [-0.39, 0.29) is 0 Å². The van der Waals surface area contributed by atoms with Gasteiger partial charge >= 0.3 is 0 Å². The van der Waals surface area contributed by atoms with Gasteiger partial charge in [-0.05, 0) is 51.0 Å². The molecule has 2 atom stereocenters. The molecule has 4 aromatic rings. The van der Waals surface area contributed by atoms with Crippen LogP contribution in [0.3, 0.4) is 0 Å². The van der Waals surface area contributed by atoms with Crippen LogP contribution in [0.5, 0.6) is 5.88 Å². The highest BCUT2D eigenvalue weighted by Gasteiger charge is 2.40. The van der Waals surface area contributed by atoms with E-state index in [9.17, 15) is 0 Å². The van der Waals surface area contributed by atoms with Crippen molar-refractivity contribution >= 4 is 5.65 Å². The van der Waals surface area contributed by atoms with Crippen LogP contribution in [0.1, 0.15) is 35.1 Å². The van der Waals surface area contributed by atoms with Crippen LogP contribution in [0.25, 0.3) is 16.8 Å². The third-order valence-corrected chi connectivity index (χ3v) is 5.55. The third kappa shape index (κ3) is 3.46. The molecule has 0 bridgehead atoms. The van der Waals surface area contributed by atoms with E-state index in [1.165, 1.54) is 5.56 Å². The van der Waals surface area contributed by atoms with E-state index in [4.69, 9.17) is 4.74 Å². The number of ether oxygens (including phenoxy) is 1. The molecule has 1 fully saturated rings. The van der Waals surface area contributed by atoms with Gasteiger partial charge in [0.05, 0.1) is 12.2 Å². The fraction of sp³-hybridized carbons (Fsp3) is 0.304. The maximum absolute atomic E-state index is 6.19. The van der Waals surface area contributed by atoms with E-state index in [2.05, 4.69) is 49.6 Å². The quantitative estimate of drug-likeness (QED) is 0.513. The van der Waals surface area contributed by atoms with Crippen LogP contribution >= 0.6 is 0 Å². The molecule has 6 nitrogen and oxygen atoms in total. The van der Waals surface area contributed by atoms with Gasteiger partial charge in [-0.3, -0.25) is 4.98 Å². The summed E-state index contributed by atoms with van der Waals surface area (Å²) in [4.78, 5) is 17.9. The molecule has 4 heterocycles. The van der Waals surface area contributed by atoms with E-state index in [1.807, 2.05) is 44.6 Å². The Hall–Kier alpha value is -3.28. The summed E-state index contributed by atoms with van der Waals surface area (Å²) in [6.07, 6.45) is 8.82. The van der Waals surface area contributed by atoms with Gasteiger partial charge in [0.15, 0.2) is 0 Å². The number of imidazole rings is 1. The molecular formula is C23H23N5O. The van der Waals surface area contributed by atoms with Crippen molar-refractivity contribution in [2.24, 2.45) is 5.92 Å². The molecule has 5 rings (SSSR count). The fourth-order valence-corrected chi connectivity index (χ4v) is 3.70. The summed E-state index contributed by atoms with van der Waals surface area (Å²) in [5.41, 5.74) is 6.27. The molecule has 6 heteroatoms. The predicted octanol–water partition coefficient (Wildman–Crippen LogP) is 4.29. The summed E-state index contributed by atoms with van der Waals surface area (Å²) < 4.78 is 8.26. The number of nitrogens with zero attached hydrogens (tertiary/aromatic N) is 5. The Bertz CT molecular complexity index is 1180. The second-order valence-corrected chi connectivity index (χ2v) is 7.86. The zero-order valence-corrected chi connectivity index (χ0v) is 16.8. The van der Waals surface area contributed by atoms with Crippen molar-refractivity contribution in [2.75, 3.05) is 6.61 Å². The van der Waals surface area contributed by atoms with Crippen molar-refractivity contribution in [3.05, 3.63) is 71.8 Å². The molecule has 0 spiro atoms. The minimum Gasteiger partial charge on any atom is -0.477 e. The average molecular weight is 385 g/mol. The van der Waals surface area contributed by atoms with Crippen LogP contribution in [-0.2, 0) is 0 Å². The molecule has 1 aliphatic rings. The monoisotopic (exact) mass is 385 g/mol. The Morgan fingerprint density at radius 2 is 1.90 bits per heavy atom. The molecule has 1 aliphatic carbocycles. The first-order chi connectivity index (χ1) is 14.1. The number of pyridine rings is 2. The summed E-state index contributed by atoms with van der Waals surface area (Å²) >= 11 is 0. The van der Waals surface area contributed by atoms with Gasteiger partial charge in [-0.25, -0.2) is 9.97 Å².